The summed E-state index contributed by atoms with van der Waals surface area (Å²) in [6, 6.07) is 15.1. The normalized spacial score (nSPS) is 10.7. The van der Waals surface area contributed by atoms with Gasteiger partial charge in [-0.2, -0.15) is 4.98 Å². The average Bonchev–Trinajstić information content (AvgIpc) is 2.89. The quantitative estimate of drug-likeness (QED) is 0.229. The first-order valence-corrected chi connectivity index (χ1v) is 12.4. The van der Waals surface area contributed by atoms with Crippen LogP contribution < -0.4 is 21.4 Å². The van der Waals surface area contributed by atoms with Crippen LogP contribution in [-0.4, -0.2) is 31.7 Å². The molecule has 2 aromatic heterocycles. The molecular weight excluding hydrogens is 533 g/mol. The van der Waals surface area contributed by atoms with E-state index < -0.39 is 17.3 Å². The number of rotatable bonds is 9. The van der Waals surface area contributed by atoms with Gasteiger partial charge in [-0.1, -0.05) is 35.3 Å². The highest BCUT2D eigenvalue weighted by atomic mass is 35.5. The summed E-state index contributed by atoms with van der Waals surface area (Å²) in [5.41, 5.74) is 0.325. The molecule has 0 fully saturated rings. The topological polar surface area (TPSA) is 117 Å². The molecule has 4 aromatic rings. The molecule has 0 bridgehead atoms. The fourth-order valence-electron chi connectivity index (χ4n) is 3.53. The van der Waals surface area contributed by atoms with Gasteiger partial charge in [0.05, 0.1) is 13.2 Å². The van der Waals surface area contributed by atoms with Crippen molar-refractivity contribution in [3.05, 3.63) is 103 Å². The Kier molecular flexibility index (Phi) is 8.45. The van der Waals surface area contributed by atoms with E-state index in [9.17, 15) is 14.4 Å². The monoisotopic (exact) mass is 555 g/mol. The van der Waals surface area contributed by atoms with E-state index in [0.29, 0.717) is 16.5 Å². The maximum atomic E-state index is 13.1. The van der Waals surface area contributed by atoms with Gasteiger partial charge in [0.2, 0.25) is 5.95 Å². The number of anilines is 2. The molecule has 0 saturated heterocycles. The molecule has 196 valence electrons. The average molecular weight is 556 g/mol. The van der Waals surface area contributed by atoms with E-state index in [1.807, 2.05) is 0 Å². The molecule has 0 spiro atoms. The first-order chi connectivity index (χ1) is 18.3. The largest absolute Gasteiger partial charge is 0.462 e. The molecule has 38 heavy (non-hydrogen) atoms. The van der Waals surface area contributed by atoms with Crippen LogP contribution in [-0.2, 0) is 17.8 Å². The molecular formula is C26H23Cl2N5O5. The molecule has 0 unspecified atom stereocenters. The molecule has 0 radical (unpaired) electrons. The lowest BCUT2D eigenvalue weighted by molar-refractivity contribution is 0.0523. The van der Waals surface area contributed by atoms with Crippen LogP contribution in [0.15, 0.2) is 70.4 Å². The summed E-state index contributed by atoms with van der Waals surface area (Å²) >= 11 is 12.0. The number of hydrogen-bond donors (Lipinski definition) is 1. The van der Waals surface area contributed by atoms with Crippen LogP contribution in [0.3, 0.4) is 0 Å². The molecule has 0 amide bonds. The van der Waals surface area contributed by atoms with Crippen LogP contribution in [0.2, 0.25) is 10.2 Å². The third-order valence-electron chi connectivity index (χ3n) is 5.39. The zero-order chi connectivity index (χ0) is 27.2. The van der Waals surface area contributed by atoms with Gasteiger partial charge in [-0.15, -0.1) is 0 Å². The third kappa shape index (κ3) is 6.21. The molecule has 1 N–H and O–H groups in total. The molecule has 0 atom stereocenters. The van der Waals surface area contributed by atoms with Crippen molar-refractivity contribution in [2.24, 2.45) is 0 Å². The number of aromatic nitrogens is 4. The third-order valence-corrected chi connectivity index (χ3v) is 5.85. The lowest BCUT2D eigenvalue weighted by Crippen LogP contribution is -2.42. The fraction of sp³-hybridized carbons (Fsp3) is 0.192. The summed E-state index contributed by atoms with van der Waals surface area (Å²) in [6.07, 6.45) is 1.29. The van der Waals surface area contributed by atoms with Crippen LogP contribution in [0, 0.1) is 0 Å². The Morgan fingerprint density at radius 1 is 1.00 bits per heavy atom. The Morgan fingerprint density at radius 2 is 1.71 bits per heavy atom. The Hall–Kier alpha value is -4.15. The summed E-state index contributed by atoms with van der Waals surface area (Å²) in [6.45, 7) is 3.95. The highest BCUT2D eigenvalue weighted by Gasteiger charge is 2.17. The van der Waals surface area contributed by atoms with E-state index in [2.05, 4.69) is 15.3 Å². The highest BCUT2D eigenvalue weighted by Crippen LogP contribution is 2.29. The summed E-state index contributed by atoms with van der Waals surface area (Å²) < 4.78 is 13.3. The zero-order valence-electron chi connectivity index (χ0n) is 20.5. The van der Waals surface area contributed by atoms with Crippen LogP contribution >= 0.6 is 23.2 Å². The zero-order valence-corrected chi connectivity index (χ0v) is 22.0. The van der Waals surface area contributed by atoms with Crippen molar-refractivity contribution in [3.8, 4) is 11.5 Å². The minimum absolute atomic E-state index is 0.0823. The lowest BCUT2D eigenvalue weighted by Gasteiger charge is -2.15. The van der Waals surface area contributed by atoms with Gasteiger partial charge in [0.1, 0.15) is 22.2 Å². The second-order valence-corrected chi connectivity index (χ2v) is 8.76. The summed E-state index contributed by atoms with van der Waals surface area (Å²) in [5.74, 6) is 0.0809. The van der Waals surface area contributed by atoms with Gasteiger partial charge >= 0.3 is 17.3 Å². The second kappa shape index (κ2) is 11.9. The van der Waals surface area contributed by atoms with Crippen LogP contribution in [0.1, 0.15) is 29.8 Å². The molecule has 0 aliphatic heterocycles. The van der Waals surface area contributed by atoms with Gasteiger partial charge in [0.15, 0.2) is 0 Å². The Balaban J connectivity index is 1.61. The Morgan fingerprint density at radius 3 is 2.37 bits per heavy atom. The maximum Gasteiger partial charge on any atom is 0.354 e. The minimum atomic E-state index is -0.659. The van der Waals surface area contributed by atoms with Gasteiger partial charge in [0.25, 0.3) is 0 Å². The van der Waals surface area contributed by atoms with Gasteiger partial charge in [-0.3, -0.25) is 4.57 Å². The lowest BCUT2D eigenvalue weighted by atomic mass is 10.2. The SMILES string of the molecule is CCOC(=O)c1cnc(Cl)cc1Oc1ccc(Nc2nc(=O)n(CC)c(=O)n2Cc2ccc(Cl)cc2)cc1. The predicted octanol–water partition coefficient (Wildman–Crippen LogP) is 4.89. The van der Waals surface area contributed by atoms with E-state index in [1.54, 1.807) is 62.4 Å². The van der Waals surface area contributed by atoms with Crippen molar-refractivity contribution in [1.82, 2.24) is 19.1 Å². The molecule has 0 saturated carbocycles. The number of carbonyl (C=O) groups is 1. The molecule has 10 nitrogen and oxygen atoms in total. The van der Waals surface area contributed by atoms with Crippen molar-refractivity contribution in [2.75, 3.05) is 11.9 Å². The number of carbonyl (C=O) groups excluding carboxylic acids is 1. The first-order valence-electron chi connectivity index (χ1n) is 11.6. The molecule has 4 rings (SSSR count). The van der Waals surface area contributed by atoms with Crippen molar-refractivity contribution in [1.29, 1.82) is 0 Å². The van der Waals surface area contributed by atoms with Gasteiger partial charge in [-0.25, -0.2) is 23.9 Å². The predicted molar refractivity (Wildman–Crippen MR) is 144 cm³/mol. The van der Waals surface area contributed by atoms with Crippen molar-refractivity contribution < 1.29 is 14.3 Å². The summed E-state index contributed by atoms with van der Waals surface area (Å²) in [4.78, 5) is 45.8. The maximum absolute atomic E-state index is 13.1. The number of halogens is 2. The number of benzene rings is 2. The van der Waals surface area contributed by atoms with Crippen LogP contribution in [0.25, 0.3) is 0 Å². The molecule has 12 heteroatoms. The fourth-order valence-corrected chi connectivity index (χ4v) is 3.81. The van der Waals surface area contributed by atoms with Gasteiger partial charge in [0, 0.05) is 29.5 Å². The van der Waals surface area contributed by atoms with Crippen LogP contribution in [0.5, 0.6) is 11.5 Å². The van der Waals surface area contributed by atoms with E-state index in [-0.39, 0.29) is 42.1 Å². The van der Waals surface area contributed by atoms with E-state index in [0.717, 1.165) is 10.1 Å². The summed E-state index contributed by atoms with van der Waals surface area (Å²) in [7, 11) is 0. The Bertz CT molecular complexity index is 1570. The first kappa shape index (κ1) is 26.9. The molecule has 0 aliphatic carbocycles. The summed E-state index contributed by atoms with van der Waals surface area (Å²) in [5, 5.41) is 3.76. The molecule has 0 aliphatic rings. The number of nitrogens with zero attached hydrogens (tertiary/aromatic N) is 4. The minimum Gasteiger partial charge on any atom is -0.462 e. The standard InChI is InChI=1S/C26H23Cl2N5O5/c1-3-32-25(35)31-24(33(26(32)36)15-16-5-7-17(27)8-6-16)30-18-9-11-19(12-10-18)38-21-13-22(28)29-14-20(21)23(34)37-4-2/h5-14H,3-4,15H2,1-2H3,(H,30,31,35). The Labute approximate surface area is 227 Å². The number of pyridine rings is 1. The smallest absolute Gasteiger partial charge is 0.354 e. The van der Waals surface area contributed by atoms with Gasteiger partial charge < -0.3 is 14.8 Å². The van der Waals surface area contributed by atoms with E-state index in [4.69, 9.17) is 32.7 Å². The molecule has 2 aromatic carbocycles. The number of nitrogens with one attached hydrogen (secondary N) is 1. The van der Waals surface area contributed by atoms with Crippen LogP contribution in [0.4, 0.5) is 11.6 Å². The number of esters is 1. The van der Waals surface area contributed by atoms with Gasteiger partial charge in [-0.05, 0) is 55.8 Å². The van der Waals surface area contributed by atoms with Crippen molar-refractivity contribution in [2.45, 2.75) is 26.9 Å². The van der Waals surface area contributed by atoms with E-state index >= 15 is 0 Å². The van der Waals surface area contributed by atoms with Crippen molar-refractivity contribution >= 4 is 40.8 Å². The highest BCUT2D eigenvalue weighted by molar-refractivity contribution is 6.30. The number of hydrogen-bond acceptors (Lipinski definition) is 8. The molecule has 2 heterocycles. The second-order valence-electron chi connectivity index (χ2n) is 7.93. The van der Waals surface area contributed by atoms with Crippen molar-refractivity contribution in [3.63, 3.8) is 0 Å². The van der Waals surface area contributed by atoms with E-state index in [1.165, 1.54) is 16.8 Å². The number of ether oxygens (including phenoxy) is 2.